The minimum atomic E-state index is -0.826. The Kier molecular flexibility index (Phi) is 5.74. The maximum atomic E-state index is 13.7. The van der Waals surface area contributed by atoms with Crippen LogP contribution in [0.25, 0.3) is 21.5 Å². The first-order valence-electron chi connectivity index (χ1n) is 8.99. The summed E-state index contributed by atoms with van der Waals surface area (Å²) >= 11 is 2.69. The van der Waals surface area contributed by atoms with E-state index in [1.54, 1.807) is 0 Å². The number of halogens is 2. The van der Waals surface area contributed by atoms with Gasteiger partial charge in [0.1, 0.15) is 27.9 Å². The molecule has 0 atom stereocenters. The second-order valence-electron chi connectivity index (χ2n) is 6.59. The van der Waals surface area contributed by atoms with Crippen LogP contribution in [0.15, 0.2) is 47.5 Å². The minimum absolute atomic E-state index is 0.0128. The second kappa shape index (κ2) is 8.45. The average molecular weight is 443 g/mol. The molecule has 2 heterocycles. The largest absolute Gasteiger partial charge is 0.323 e. The molecular formula is C21H16F2N4OS2. The van der Waals surface area contributed by atoms with Gasteiger partial charge in [0, 0.05) is 11.6 Å². The van der Waals surface area contributed by atoms with Crippen molar-refractivity contribution in [1.29, 1.82) is 0 Å². The van der Waals surface area contributed by atoms with Gasteiger partial charge in [0.2, 0.25) is 5.91 Å². The average Bonchev–Trinajstić information content (AvgIpc) is 3.10. The Balaban J connectivity index is 1.55. The van der Waals surface area contributed by atoms with Gasteiger partial charge in [-0.1, -0.05) is 41.6 Å². The number of thioether (sulfide) groups is 1. The minimum Gasteiger partial charge on any atom is -0.323 e. The Labute approximate surface area is 179 Å². The first-order valence-corrected chi connectivity index (χ1v) is 10.8. The van der Waals surface area contributed by atoms with Gasteiger partial charge in [0.05, 0.1) is 21.1 Å². The molecule has 152 valence electrons. The van der Waals surface area contributed by atoms with E-state index in [4.69, 9.17) is 0 Å². The van der Waals surface area contributed by atoms with Gasteiger partial charge in [-0.05, 0) is 26.0 Å². The highest BCUT2D eigenvalue weighted by molar-refractivity contribution is 8.00. The molecule has 0 saturated heterocycles. The van der Waals surface area contributed by atoms with Gasteiger partial charge in [-0.15, -0.1) is 21.5 Å². The molecule has 0 unspecified atom stereocenters. The number of anilines is 1. The van der Waals surface area contributed by atoms with E-state index in [0.717, 1.165) is 38.7 Å². The summed E-state index contributed by atoms with van der Waals surface area (Å²) in [4.78, 5) is 16.8. The number of fused-ring (bicyclic) bond motifs is 1. The lowest BCUT2D eigenvalue weighted by molar-refractivity contribution is -0.113. The van der Waals surface area contributed by atoms with Crippen LogP contribution >= 0.6 is 23.1 Å². The molecule has 9 heteroatoms. The summed E-state index contributed by atoms with van der Waals surface area (Å²) in [7, 11) is 0. The highest BCUT2D eigenvalue weighted by atomic mass is 32.2. The van der Waals surface area contributed by atoms with E-state index in [1.165, 1.54) is 29.2 Å². The first kappa shape index (κ1) is 20.4. The van der Waals surface area contributed by atoms with E-state index in [1.807, 2.05) is 38.1 Å². The normalized spacial score (nSPS) is 11.1. The fourth-order valence-electron chi connectivity index (χ4n) is 2.83. The van der Waals surface area contributed by atoms with E-state index in [-0.39, 0.29) is 11.4 Å². The quantitative estimate of drug-likeness (QED) is 0.420. The molecule has 0 aliphatic heterocycles. The third-order valence-electron chi connectivity index (χ3n) is 4.26. The lowest BCUT2D eigenvalue weighted by atomic mass is 10.1. The number of nitrogens with zero attached hydrogens (tertiary/aromatic N) is 3. The number of rotatable bonds is 5. The number of aromatic nitrogens is 3. The van der Waals surface area contributed by atoms with Crippen LogP contribution in [0.5, 0.6) is 0 Å². The van der Waals surface area contributed by atoms with Crippen molar-refractivity contribution >= 4 is 44.9 Å². The molecule has 1 amide bonds. The zero-order valence-electron chi connectivity index (χ0n) is 16.1. The number of aryl methyl sites for hydroxylation is 2. The lowest BCUT2D eigenvalue weighted by Crippen LogP contribution is -2.15. The van der Waals surface area contributed by atoms with Crippen LogP contribution in [0, 0.1) is 25.5 Å². The number of nitrogens with one attached hydrogen (secondary N) is 1. The molecule has 2 aromatic heterocycles. The number of thiazole rings is 1. The van der Waals surface area contributed by atoms with Crippen molar-refractivity contribution in [3.05, 3.63) is 64.7 Å². The van der Waals surface area contributed by atoms with Crippen LogP contribution in [0.2, 0.25) is 0 Å². The van der Waals surface area contributed by atoms with E-state index < -0.39 is 17.5 Å². The number of hydrogen-bond acceptors (Lipinski definition) is 6. The Morgan fingerprint density at radius 2 is 1.87 bits per heavy atom. The molecule has 0 aliphatic carbocycles. The summed E-state index contributed by atoms with van der Waals surface area (Å²) in [6.45, 7) is 3.92. The zero-order chi connectivity index (χ0) is 21.3. The fourth-order valence-corrected chi connectivity index (χ4v) is 4.54. The first-order chi connectivity index (χ1) is 14.4. The van der Waals surface area contributed by atoms with Crippen molar-refractivity contribution in [3.63, 3.8) is 0 Å². The number of carbonyl (C=O) groups is 1. The molecule has 2 aromatic carbocycles. The van der Waals surface area contributed by atoms with Crippen molar-refractivity contribution in [2.45, 2.75) is 18.9 Å². The zero-order valence-corrected chi connectivity index (χ0v) is 17.7. The molecule has 4 rings (SSSR count). The Hall–Kier alpha value is -2.91. The predicted octanol–water partition coefficient (Wildman–Crippen LogP) is 5.38. The highest BCUT2D eigenvalue weighted by Gasteiger charge is 2.17. The molecule has 5 nitrogen and oxygen atoms in total. The van der Waals surface area contributed by atoms with Crippen LogP contribution in [-0.2, 0) is 4.79 Å². The Morgan fingerprint density at radius 1 is 1.10 bits per heavy atom. The van der Waals surface area contributed by atoms with Gasteiger partial charge in [0.25, 0.3) is 0 Å². The second-order valence-corrected chi connectivity index (χ2v) is 8.76. The molecule has 1 N–H and O–H groups in total. The molecule has 0 radical (unpaired) electrons. The predicted molar refractivity (Wildman–Crippen MR) is 116 cm³/mol. The summed E-state index contributed by atoms with van der Waals surface area (Å²) < 4.78 is 27.6. The van der Waals surface area contributed by atoms with E-state index in [0.29, 0.717) is 10.5 Å². The standard InChI is InChI=1S/C21H16F2N4OS2/c1-11-3-5-13(6-4-11)18-20-19(24-12(2)30-20)21(27-26-18)29-10-17(28)25-16-8-7-14(22)9-15(16)23/h3-9H,10H2,1-2H3,(H,25,28). The van der Waals surface area contributed by atoms with Gasteiger partial charge in [-0.3, -0.25) is 4.79 Å². The maximum absolute atomic E-state index is 13.7. The highest BCUT2D eigenvalue weighted by Crippen LogP contribution is 2.35. The van der Waals surface area contributed by atoms with Gasteiger partial charge < -0.3 is 5.32 Å². The summed E-state index contributed by atoms with van der Waals surface area (Å²) in [6.07, 6.45) is 0. The van der Waals surface area contributed by atoms with E-state index in [2.05, 4.69) is 20.5 Å². The topological polar surface area (TPSA) is 67.8 Å². The van der Waals surface area contributed by atoms with Crippen LogP contribution < -0.4 is 5.32 Å². The molecule has 0 aliphatic rings. The van der Waals surface area contributed by atoms with Crippen LogP contribution in [0.3, 0.4) is 0 Å². The maximum Gasteiger partial charge on any atom is 0.234 e. The lowest BCUT2D eigenvalue weighted by Gasteiger charge is -2.07. The number of amides is 1. The third-order valence-corrected chi connectivity index (χ3v) is 6.20. The Bertz CT molecular complexity index is 1240. The van der Waals surface area contributed by atoms with Crippen LogP contribution in [0.4, 0.5) is 14.5 Å². The monoisotopic (exact) mass is 442 g/mol. The molecule has 4 aromatic rings. The van der Waals surface area contributed by atoms with Crippen LogP contribution in [-0.4, -0.2) is 26.8 Å². The molecular weight excluding hydrogens is 426 g/mol. The van der Waals surface area contributed by atoms with Gasteiger partial charge >= 0.3 is 0 Å². The summed E-state index contributed by atoms with van der Waals surface area (Å²) in [5, 5.41) is 12.5. The molecule has 30 heavy (non-hydrogen) atoms. The van der Waals surface area contributed by atoms with Crippen molar-refractivity contribution in [2.24, 2.45) is 0 Å². The molecule has 0 fully saturated rings. The van der Waals surface area contributed by atoms with Crippen molar-refractivity contribution in [1.82, 2.24) is 15.2 Å². The molecule has 0 spiro atoms. The Morgan fingerprint density at radius 3 is 2.60 bits per heavy atom. The van der Waals surface area contributed by atoms with E-state index >= 15 is 0 Å². The SMILES string of the molecule is Cc1ccc(-c2nnc(SCC(=O)Nc3ccc(F)cc3F)c3nc(C)sc23)cc1. The number of benzene rings is 2. The smallest absolute Gasteiger partial charge is 0.234 e. The van der Waals surface area contributed by atoms with E-state index in [9.17, 15) is 13.6 Å². The third kappa shape index (κ3) is 4.31. The molecule has 0 saturated carbocycles. The summed E-state index contributed by atoms with van der Waals surface area (Å²) in [6, 6.07) is 11.0. The summed E-state index contributed by atoms with van der Waals surface area (Å²) in [5.74, 6) is -1.98. The summed E-state index contributed by atoms with van der Waals surface area (Å²) in [5.41, 5.74) is 3.46. The van der Waals surface area contributed by atoms with Crippen molar-refractivity contribution in [2.75, 3.05) is 11.1 Å². The molecule has 0 bridgehead atoms. The fraction of sp³-hybridized carbons (Fsp3) is 0.143. The van der Waals surface area contributed by atoms with Gasteiger partial charge in [0.15, 0.2) is 0 Å². The van der Waals surface area contributed by atoms with Gasteiger partial charge in [-0.25, -0.2) is 13.8 Å². The van der Waals surface area contributed by atoms with Crippen molar-refractivity contribution in [3.8, 4) is 11.3 Å². The van der Waals surface area contributed by atoms with Gasteiger partial charge in [-0.2, -0.15) is 0 Å². The van der Waals surface area contributed by atoms with Crippen LogP contribution in [0.1, 0.15) is 10.6 Å². The number of hydrogen-bond donors (Lipinski definition) is 1. The number of carbonyl (C=O) groups excluding carboxylic acids is 1. The van der Waals surface area contributed by atoms with Crippen molar-refractivity contribution < 1.29 is 13.6 Å².